The Balaban J connectivity index is 1.84. The Bertz CT molecular complexity index is 410. The van der Waals surface area contributed by atoms with Gasteiger partial charge >= 0.3 is 0 Å². The molecule has 1 aliphatic rings. The van der Waals surface area contributed by atoms with Gasteiger partial charge in [-0.25, -0.2) is 0 Å². The van der Waals surface area contributed by atoms with Crippen molar-refractivity contribution in [1.29, 1.82) is 0 Å². The van der Waals surface area contributed by atoms with Crippen molar-refractivity contribution in [2.75, 3.05) is 13.7 Å². The Morgan fingerprint density at radius 3 is 2.56 bits per heavy atom. The Morgan fingerprint density at radius 1 is 1.44 bits per heavy atom. The van der Waals surface area contributed by atoms with Crippen molar-refractivity contribution < 1.29 is 14.6 Å². The average molecular weight is 249 g/mol. The standard InChI is InChI=1S/C14H19NO3/c1-10(16)11-3-7-13(8-4-11)18-9-14(17)15(2)12-5-6-12/h3-4,7-8,10,12,16H,5-6,9H2,1-2H3/t10-/m0/s1. The number of carbonyl (C=O) groups excluding carboxylic acids is 1. The third-order valence-electron chi connectivity index (χ3n) is 3.21. The summed E-state index contributed by atoms with van der Waals surface area (Å²) in [5.41, 5.74) is 0.837. The predicted molar refractivity (Wildman–Crippen MR) is 68.4 cm³/mol. The number of ether oxygens (including phenoxy) is 1. The molecule has 1 aromatic rings. The minimum Gasteiger partial charge on any atom is -0.484 e. The lowest BCUT2D eigenvalue weighted by Gasteiger charge is -2.16. The van der Waals surface area contributed by atoms with Gasteiger partial charge < -0.3 is 14.7 Å². The first-order valence-corrected chi connectivity index (χ1v) is 6.24. The number of carbonyl (C=O) groups is 1. The molecule has 0 unspecified atom stereocenters. The molecule has 4 nitrogen and oxygen atoms in total. The van der Waals surface area contributed by atoms with Gasteiger partial charge in [-0.1, -0.05) is 12.1 Å². The number of likely N-dealkylation sites (N-methyl/N-ethyl adjacent to an activating group) is 1. The van der Waals surface area contributed by atoms with Gasteiger partial charge in [-0.2, -0.15) is 0 Å². The summed E-state index contributed by atoms with van der Waals surface area (Å²) in [6, 6.07) is 7.56. The molecule has 0 bridgehead atoms. The molecule has 1 aliphatic carbocycles. The normalized spacial score (nSPS) is 16.2. The van der Waals surface area contributed by atoms with Crippen LogP contribution in [0.25, 0.3) is 0 Å². The molecule has 98 valence electrons. The molecule has 0 spiro atoms. The highest BCUT2D eigenvalue weighted by Crippen LogP contribution is 2.25. The van der Waals surface area contributed by atoms with Crippen LogP contribution in [-0.4, -0.2) is 35.6 Å². The fourth-order valence-corrected chi connectivity index (χ4v) is 1.75. The molecule has 18 heavy (non-hydrogen) atoms. The third kappa shape index (κ3) is 3.23. The predicted octanol–water partition coefficient (Wildman–Crippen LogP) is 1.74. The number of hydrogen-bond acceptors (Lipinski definition) is 3. The highest BCUT2D eigenvalue weighted by molar-refractivity contribution is 5.78. The smallest absolute Gasteiger partial charge is 0.260 e. The van der Waals surface area contributed by atoms with Crippen LogP contribution in [0, 0.1) is 0 Å². The largest absolute Gasteiger partial charge is 0.484 e. The molecular weight excluding hydrogens is 230 g/mol. The SMILES string of the molecule is C[C@H](O)c1ccc(OCC(=O)N(C)C2CC2)cc1. The van der Waals surface area contributed by atoms with Crippen molar-refractivity contribution in [2.24, 2.45) is 0 Å². The minimum absolute atomic E-state index is 0.0112. The van der Waals surface area contributed by atoms with Crippen LogP contribution in [-0.2, 0) is 4.79 Å². The van der Waals surface area contributed by atoms with Crippen LogP contribution in [0.1, 0.15) is 31.4 Å². The molecule has 4 heteroatoms. The molecule has 1 atom stereocenters. The Hall–Kier alpha value is -1.55. The molecule has 1 saturated carbocycles. The Kier molecular flexibility index (Phi) is 3.87. The van der Waals surface area contributed by atoms with Crippen molar-refractivity contribution in [3.63, 3.8) is 0 Å². The highest BCUT2D eigenvalue weighted by Gasteiger charge is 2.29. The molecular formula is C14H19NO3. The molecule has 1 fully saturated rings. The van der Waals surface area contributed by atoms with E-state index in [1.165, 1.54) is 0 Å². The molecule has 1 amide bonds. The van der Waals surface area contributed by atoms with E-state index in [-0.39, 0.29) is 12.5 Å². The summed E-state index contributed by atoms with van der Waals surface area (Å²) in [5.74, 6) is 0.661. The summed E-state index contributed by atoms with van der Waals surface area (Å²) in [7, 11) is 1.82. The van der Waals surface area contributed by atoms with Gasteiger partial charge in [0.25, 0.3) is 5.91 Å². The number of nitrogens with zero attached hydrogens (tertiary/aromatic N) is 1. The number of hydrogen-bond donors (Lipinski definition) is 1. The van der Waals surface area contributed by atoms with E-state index in [0.717, 1.165) is 18.4 Å². The quantitative estimate of drug-likeness (QED) is 0.864. The number of amides is 1. The van der Waals surface area contributed by atoms with Crippen molar-refractivity contribution in [2.45, 2.75) is 31.9 Å². The maximum Gasteiger partial charge on any atom is 0.260 e. The molecule has 1 N–H and O–H groups in total. The maximum atomic E-state index is 11.7. The second kappa shape index (κ2) is 5.40. The van der Waals surface area contributed by atoms with E-state index in [1.54, 1.807) is 36.1 Å². The van der Waals surface area contributed by atoms with Crippen molar-refractivity contribution >= 4 is 5.91 Å². The molecule has 1 aromatic carbocycles. The van der Waals surface area contributed by atoms with Gasteiger partial charge in [-0.3, -0.25) is 4.79 Å². The van der Waals surface area contributed by atoms with Crippen molar-refractivity contribution in [3.8, 4) is 5.75 Å². The van der Waals surface area contributed by atoms with E-state index < -0.39 is 6.10 Å². The van der Waals surface area contributed by atoms with Crippen LogP contribution < -0.4 is 4.74 Å². The third-order valence-corrected chi connectivity index (χ3v) is 3.21. The van der Waals surface area contributed by atoms with E-state index in [9.17, 15) is 9.90 Å². The first-order chi connectivity index (χ1) is 8.58. The number of aliphatic hydroxyl groups excluding tert-OH is 1. The topological polar surface area (TPSA) is 49.8 Å². The summed E-state index contributed by atoms with van der Waals surface area (Å²) < 4.78 is 5.43. The van der Waals surface area contributed by atoms with Crippen LogP contribution in [0.5, 0.6) is 5.75 Å². The molecule has 0 saturated heterocycles. The van der Waals surface area contributed by atoms with Gasteiger partial charge in [-0.15, -0.1) is 0 Å². The van der Waals surface area contributed by atoms with Crippen LogP contribution in [0.4, 0.5) is 0 Å². The summed E-state index contributed by atoms with van der Waals surface area (Å²) in [4.78, 5) is 13.5. The Labute approximate surface area is 107 Å². The fraction of sp³-hybridized carbons (Fsp3) is 0.500. The van der Waals surface area contributed by atoms with Gasteiger partial charge in [-0.05, 0) is 37.5 Å². The summed E-state index contributed by atoms with van der Waals surface area (Å²) in [5, 5.41) is 9.37. The molecule has 0 aromatic heterocycles. The van der Waals surface area contributed by atoms with Gasteiger partial charge in [0.2, 0.25) is 0 Å². The lowest BCUT2D eigenvalue weighted by Crippen LogP contribution is -2.33. The number of rotatable bonds is 5. The van der Waals surface area contributed by atoms with Crippen LogP contribution in [0.15, 0.2) is 24.3 Å². The number of aliphatic hydroxyl groups is 1. The zero-order valence-corrected chi connectivity index (χ0v) is 10.8. The highest BCUT2D eigenvalue weighted by atomic mass is 16.5. The summed E-state index contributed by atoms with van der Waals surface area (Å²) in [6.45, 7) is 1.78. The first kappa shape index (κ1) is 12.9. The summed E-state index contributed by atoms with van der Waals surface area (Å²) in [6.07, 6.45) is 1.72. The average Bonchev–Trinajstić information content (AvgIpc) is 3.19. The van der Waals surface area contributed by atoms with E-state index in [1.807, 2.05) is 7.05 Å². The molecule has 0 aliphatic heterocycles. The van der Waals surface area contributed by atoms with E-state index in [4.69, 9.17) is 4.74 Å². The maximum absolute atomic E-state index is 11.7. The van der Waals surface area contributed by atoms with Crippen molar-refractivity contribution in [1.82, 2.24) is 4.90 Å². The van der Waals surface area contributed by atoms with Gasteiger partial charge in [0.05, 0.1) is 6.10 Å². The zero-order valence-electron chi connectivity index (χ0n) is 10.8. The fourth-order valence-electron chi connectivity index (χ4n) is 1.75. The second-order valence-electron chi connectivity index (χ2n) is 4.77. The molecule has 2 rings (SSSR count). The second-order valence-corrected chi connectivity index (χ2v) is 4.77. The van der Waals surface area contributed by atoms with Gasteiger partial charge in [0, 0.05) is 13.1 Å². The van der Waals surface area contributed by atoms with Crippen molar-refractivity contribution in [3.05, 3.63) is 29.8 Å². The van der Waals surface area contributed by atoms with Crippen LogP contribution >= 0.6 is 0 Å². The van der Waals surface area contributed by atoms with E-state index in [0.29, 0.717) is 11.8 Å². The Morgan fingerprint density at radius 2 is 2.06 bits per heavy atom. The zero-order chi connectivity index (χ0) is 13.1. The lowest BCUT2D eigenvalue weighted by molar-refractivity contribution is -0.132. The summed E-state index contributed by atoms with van der Waals surface area (Å²) >= 11 is 0. The van der Waals surface area contributed by atoms with Gasteiger partial charge in [0.15, 0.2) is 6.61 Å². The van der Waals surface area contributed by atoms with Crippen LogP contribution in [0.3, 0.4) is 0 Å². The first-order valence-electron chi connectivity index (χ1n) is 6.24. The molecule has 0 heterocycles. The minimum atomic E-state index is -0.485. The molecule has 0 radical (unpaired) electrons. The van der Waals surface area contributed by atoms with Gasteiger partial charge in [0.1, 0.15) is 5.75 Å². The van der Waals surface area contributed by atoms with Crippen LogP contribution in [0.2, 0.25) is 0 Å². The lowest BCUT2D eigenvalue weighted by atomic mass is 10.1. The van der Waals surface area contributed by atoms with E-state index >= 15 is 0 Å². The monoisotopic (exact) mass is 249 g/mol. The number of benzene rings is 1. The van der Waals surface area contributed by atoms with E-state index in [2.05, 4.69) is 0 Å².